The molecule has 0 bridgehead atoms. The highest BCUT2D eigenvalue weighted by Gasteiger charge is 2.23. The molecule has 0 saturated heterocycles. The molecular weight excluding hydrogens is 280 g/mol. The maximum Gasteiger partial charge on any atom is 0.303 e. The van der Waals surface area contributed by atoms with Crippen molar-refractivity contribution < 1.29 is 14.7 Å². The summed E-state index contributed by atoms with van der Waals surface area (Å²) in [7, 11) is 0. The molecule has 0 radical (unpaired) electrons. The van der Waals surface area contributed by atoms with Gasteiger partial charge in [-0.3, -0.25) is 9.59 Å². The quantitative estimate of drug-likeness (QED) is 0.793. The third-order valence-electron chi connectivity index (χ3n) is 4.00. The van der Waals surface area contributed by atoms with Crippen molar-refractivity contribution in [3.05, 3.63) is 35.0 Å². The Morgan fingerprint density at radius 2 is 1.95 bits per heavy atom. The molecule has 0 fully saturated rings. The van der Waals surface area contributed by atoms with E-state index in [9.17, 15) is 9.59 Å². The number of carbonyl (C=O) groups excluding carboxylic acids is 1. The van der Waals surface area contributed by atoms with Gasteiger partial charge < -0.3 is 15.4 Å². The number of hydrogen-bond acceptors (Lipinski definition) is 2. The minimum absolute atomic E-state index is 0.0261. The van der Waals surface area contributed by atoms with Crippen molar-refractivity contribution in [2.75, 3.05) is 0 Å². The van der Waals surface area contributed by atoms with Crippen molar-refractivity contribution in [1.82, 2.24) is 10.3 Å². The van der Waals surface area contributed by atoms with Gasteiger partial charge in [-0.1, -0.05) is 6.07 Å². The van der Waals surface area contributed by atoms with Crippen LogP contribution in [0.4, 0.5) is 0 Å². The average Bonchev–Trinajstić information content (AvgIpc) is 2.85. The lowest BCUT2D eigenvalue weighted by Gasteiger charge is -2.25. The lowest BCUT2D eigenvalue weighted by molar-refractivity contribution is -0.137. The fourth-order valence-electron chi connectivity index (χ4n) is 2.44. The predicted molar refractivity (Wildman–Crippen MR) is 86.2 cm³/mol. The zero-order chi connectivity index (χ0) is 16.5. The molecule has 2 rings (SSSR count). The predicted octanol–water partition coefficient (Wildman–Crippen LogP) is 3.16. The van der Waals surface area contributed by atoms with E-state index in [-0.39, 0.29) is 12.3 Å². The first-order valence-electron chi connectivity index (χ1n) is 7.33. The van der Waals surface area contributed by atoms with E-state index in [1.807, 2.05) is 45.9 Å². The Morgan fingerprint density at radius 1 is 1.27 bits per heavy atom. The summed E-state index contributed by atoms with van der Waals surface area (Å²) < 4.78 is 0. The number of carboxylic acid groups (broad SMARTS) is 1. The molecule has 118 valence electrons. The molecule has 22 heavy (non-hydrogen) atoms. The van der Waals surface area contributed by atoms with Crippen LogP contribution < -0.4 is 5.32 Å². The van der Waals surface area contributed by atoms with Crippen LogP contribution in [0.5, 0.6) is 0 Å². The molecule has 0 saturated carbocycles. The van der Waals surface area contributed by atoms with Gasteiger partial charge in [0, 0.05) is 22.9 Å². The molecule has 0 spiro atoms. The Morgan fingerprint density at radius 3 is 2.59 bits per heavy atom. The maximum atomic E-state index is 12.4. The number of amides is 1. The summed E-state index contributed by atoms with van der Waals surface area (Å²) in [4.78, 5) is 26.2. The van der Waals surface area contributed by atoms with E-state index in [1.165, 1.54) is 5.56 Å². The molecule has 2 aromatic rings. The number of carboxylic acids is 1. The largest absolute Gasteiger partial charge is 0.481 e. The monoisotopic (exact) mass is 302 g/mol. The fraction of sp³-hybridized carbons (Fsp3) is 0.412. The minimum Gasteiger partial charge on any atom is -0.481 e. The Balaban J connectivity index is 2.19. The summed E-state index contributed by atoms with van der Waals surface area (Å²) in [5.74, 6) is -1.08. The number of aryl methyl sites for hydroxylation is 2. The molecule has 0 aliphatic heterocycles. The Hall–Kier alpha value is -2.30. The summed E-state index contributed by atoms with van der Waals surface area (Å²) in [5.41, 5.74) is 3.18. The van der Waals surface area contributed by atoms with Gasteiger partial charge in [-0.25, -0.2) is 0 Å². The first kappa shape index (κ1) is 16.1. The lowest BCUT2D eigenvalue weighted by Crippen LogP contribution is -2.43. The number of fused-ring (bicyclic) bond motifs is 1. The molecule has 1 amide bonds. The summed E-state index contributed by atoms with van der Waals surface area (Å²) in [6, 6.07) is 5.83. The van der Waals surface area contributed by atoms with E-state index >= 15 is 0 Å². The van der Waals surface area contributed by atoms with Gasteiger partial charge >= 0.3 is 5.97 Å². The van der Waals surface area contributed by atoms with Gasteiger partial charge in [0.2, 0.25) is 0 Å². The summed E-state index contributed by atoms with van der Waals surface area (Å²) in [6.07, 6.45) is 0.407. The Labute approximate surface area is 129 Å². The van der Waals surface area contributed by atoms with Gasteiger partial charge in [0.05, 0.1) is 0 Å². The van der Waals surface area contributed by atoms with Gasteiger partial charge in [0.25, 0.3) is 5.91 Å². The first-order chi connectivity index (χ1) is 10.2. The second-order valence-electron chi connectivity index (χ2n) is 6.38. The van der Waals surface area contributed by atoms with Gasteiger partial charge in [0.1, 0.15) is 5.69 Å². The molecule has 0 atom stereocenters. The summed E-state index contributed by atoms with van der Waals surface area (Å²) in [6.45, 7) is 7.72. The maximum absolute atomic E-state index is 12.4. The number of H-pyrrole nitrogens is 1. The van der Waals surface area contributed by atoms with Gasteiger partial charge in [0.15, 0.2) is 0 Å². The smallest absolute Gasteiger partial charge is 0.303 e. The van der Waals surface area contributed by atoms with Crippen LogP contribution in [0.15, 0.2) is 18.2 Å². The van der Waals surface area contributed by atoms with Gasteiger partial charge in [-0.05, 0) is 57.4 Å². The normalized spacial score (nSPS) is 11.6. The van der Waals surface area contributed by atoms with Gasteiger partial charge in [-0.15, -0.1) is 0 Å². The van der Waals surface area contributed by atoms with Crippen molar-refractivity contribution in [1.29, 1.82) is 0 Å². The molecular formula is C17H22N2O3. The number of aliphatic carboxylic acids is 1. The third-order valence-corrected chi connectivity index (χ3v) is 4.00. The number of rotatable bonds is 5. The van der Waals surface area contributed by atoms with E-state index in [4.69, 9.17) is 5.11 Å². The van der Waals surface area contributed by atoms with E-state index in [0.717, 1.165) is 16.5 Å². The standard InChI is InChI=1S/C17H22N2O3/c1-10-5-6-13-12(11(10)2)9-14(18-13)16(22)19-17(3,4)8-7-15(20)21/h5-6,9,18H,7-8H2,1-4H3,(H,19,22)(H,20,21). The fourth-order valence-corrected chi connectivity index (χ4v) is 2.44. The molecule has 0 aliphatic carbocycles. The van der Waals surface area contributed by atoms with Crippen LogP contribution in [0.1, 0.15) is 48.3 Å². The molecule has 1 aromatic carbocycles. The number of aromatic nitrogens is 1. The highest BCUT2D eigenvalue weighted by molar-refractivity contribution is 5.99. The zero-order valence-electron chi connectivity index (χ0n) is 13.4. The van der Waals surface area contributed by atoms with Crippen molar-refractivity contribution in [3.8, 4) is 0 Å². The molecule has 0 aliphatic rings. The van der Waals surface area contributed by atoms with Crippen LogP contribution >= 0.6 is 0 Å². The lowest BCUT2D eigenvalue weighted by atomic mass is 9.98. The van der Waals surface area contributed by atoms with E-state index < -0.39 is 11.5 Å². The molecule has 1 heterocycles. The number of nitrogens with one attached hydrogen (secondary N) is 2. The molecule has 5 heteroatoms. The summed E-state index contributed by atoms with van der Waals surface area (Å²) >= 11 is 0. The third kappa shape index (κ3) is 3.47. The second-order valence-corrected chi connectivity index (χ2v) is 6.38. The average molecular weight is 302 g/mol. The highest BCUT2D eigenvalue weighted by atomic mass is 16.4. The Bertz CT molecular complexity index is 729. The SMILES string of the molecule is Cc1ccc2[nH]c(C(=O)NC(C)(C)CCC(=O)O)cc2c1C. The zero-order valence-corrected chi connectivity index (χ0v) is 13.4. The van der Waals surface area contributed by atoms with E-state index in [1.54, 1.807) is 0 Å². The van der Waals surface area contributed by atoms with E-state index in [0.29, 0.717) is 12.1 Å². The molecule has 5 nitrogen and oxygen atoms in total. The number of carbonyl (C=O) groups is 2. The van der Waals surface area contributed by atoms with Gasteiger partial charge in [-0.2, -0.15) is 0 Å². The van der Waals surface area contributed by atoms with Crippen LogP contribution in [0, 0.1) is 13.8 Å². The highest BCUT2D eigenvalue weighted by Crippen LogP contribution is 2.23. The van der Waals surface area contributed by atoms with Crippen LogP contribution in [0.3, 0.4) is 0 Å². The van der Waals surface area contributed by atoms with Crippen LogP contribution in [0.25, 0.3) is 10.9 Å². The van der Waals surface area contributed by atoms with Crippen molar-refractivity contribution in [2.24, 2.45) is 0 Å². The van der Waals surface area contributed by atoms with Crippen molar-refractivity contribution in [2.45, 2.75) is 46.1 Å². The molecule has 0 unspecified atom stereocenters. The van der Waals surface area contributed by atoms with Crippen LogP contribution in [0.2, 0.25) is 0 Å². The van der Waals surface area contributed by atoms with E-state index in [2.05, 4.69) is 10.3 Å². The molecule has 3 N–H and O–H groups in total. The minimum atomic E-state index is -0.862. The van der Waals surface area contributed by atoms with Crippen LogP contribution in [-0.2, 0) is 4.79 Å². The second kappa shape index (κ2) is 5.83. The number of aromatic amines is 1. The number of hydrogen-bond donors (Lipinski definition) is 3. The number of benzene rings is 1. The van der Waals surface area contributed by atoms with Crippen molar-refractivity contribution in [3.63, 3.8) is 0 Å². The Kier molecular flexibility index (Phi) is 4.26. The topological polar surface area (TPSA) is 82.2 Å². The summed E-state index contributed by atoms with van der Waals surface area (Å²) in [5, 5.41) is 12.7. The molecule has 1 aromatic heterocycles. The van der Waals surface area contributed by atoms with Crippen LogP contribution in [-0.4, -0.2) is 27.5 Å². The first-order valence-corrected chi connectivity index (χ1v) is 7.33. The van der Waals surface area contributed by atoms with Crippen molar-refractivity contribution >= 4 is 22.8 Å².